The summed E-state index contributed by atoms with van der Waals surface area (Å²) in [4.78, 5) is 0.652. The highest BCUT2D eigenvalue weighted by molar-refractivity contribution is 9.09. The Balaban J connectivity index is 2.01. The molecule has 1 fully saturated rings. The maximum Gasteiger partial charge on any atom is 0.119 e. The molecule has 0 N–H and O–H groups in total. The predicted molar refractivity (Wildman–Crippen MR) is 76.2 cm³/mol. The number of halogens is 1. The molecule has 1 aromatic carbocycles. The van der Waals surface area contributed by atoms with Gasteiger partial charge in [-0.05, 0) is 42.9 Å². The van der Waals surface area contributed by atoms with Crippen molar-refractivity contribution in [3.8, 4) is 5.75 Å². The van der Waals surface area contributed by atoms with Crippen molar-refractivity contribution >= 4 is 15.9 Å². The molecule has 94 valence electrons. The van der Waals surface area contributed by atoms with Crippen LogP contribution in [0.4, 0.5) is 0 Å². The van der Waals surface area contributed by atoms with E-state index in [1.54, 1.807) is 0 Å². The van der Waals surface area contributed by atoms with E-state index < -0.39 is 0 Å². The molecule has 2 rings (SSSR count). The summed E-state index contributed by atoms with van der Waals surface area (Å²) in [5.41, 5.74) is 1.45. The standard InChI is InChI=1S/C15H21BrO/c1-2-11-17-13-9-7-12(8-10-13)14-5-3-4-6-15(14)16/h7-10,14-15H,2-6,11H2,1H3. The molecule has 1 nitrogen and oxygen atoms in total. The van der Waals surface area contributed by atoms with Gasteiger partial charge in [0.15, 0.2) is 0 Å². The number of hydrogen-bond donors (Lipinski definition) is 0. The van der Waals surface area contributed by atoms with Gasteiger partial charge in [0.25, 0.3) is 0 Å². The van der Waals surface area contributed by atoms with Crippen LogP contribution in [-0.4, -0.2) is 11.4 Å². The molecule has 0 amide bonds. The van der Waals surface area contributed by atoms with Crippen LogP contribution in [0.25, 0.3) is 0 Å². The highest BCUT2D eigenvalue weighted by Gasteiger charge is 2.23. The van der Waals surface area contributed by atoms with Crippen LogP contribution < -0.4 is 4.74 Å². The Morgan fingerprint density at radius 2 is 1.88 bits per heavy atom. The fourth-order valence-electron chi connectivity index (χ4n) is 2.49. The van der Waals surface area contributed by atoms with Crippen molar-refractivity contribution in [2.75, 3.05) is 6.61 Å². The second-order valence-electron chi connectivity index (χ2n) is 4.82. The van der Waals surface area contributed by atoms with Crippen LogP contribution in [-0.2, 0) is 0 Å². The van der Waals surface area contributed by atoms with E-state index in [-0.39, 0.29) is 0 Å². The molecule has 1 saturated carbocycles. The van der Waals surface area contributed by atoms with Crippen molar-refractivity contribution in [3.05, 3.63) is 29.8 Å². The van der Waals surface area contributed by atoms with Gasteiger partial charge in [0.2, 0.25) is 0 Å². The third-order valence-corrected chi connectivity index (χ3v) is 4.56. The van der Waals surface area contributed by atoms with Crippen molar-refractivity contribution in [2.45, 2.75) is 49.8 Å². The molecule has 0 aliphatic heterocycles. The number of alkyl halides is 1. The van der Waals surface area contributed by atoms with Crippen LogP contribution in [0.15, 0.2) is 24.3 Å². The van der Waals surface area contributed by atoms with E-state index in [1.807, 2.05) is 0 Å². The van der Waals surface area contributed by atoms with Crippen LogP contribution in [0.3, 0.4) is 0 Å². The van der Waals surface area contributed by atoms with E-state index in [1.165, 1.54) is 31.2 Å². The minimum Gasteiger partial charge on any atom is -0.494 e. The lowest BCUT2D eigenvalue weighted by molar-refractivity contribution is 0.317. The number of hydrogen-bond acceptors (Lipinski definition) is 1. The fourth-order valence-corrected chi connectivity index (χ4v) is 3.39. The van der Waals surface area contributed by atoms with Gasteiger partial charge >= 0.3 is 0 Å². The summed E-state index contributed by atoms with van der Waals surface area (Å²) in [6.07, 6.45) is 6.41. The van der Waals surface area contributed by atoms with Gasteiger partial charge in [-0.15, -0.1) is 0 Å². The second kappa shape index (κ2) is 6.44. The summed E-state index contributed by atoms with van der Waals surface area (Å²) in [6.45, 7) is 2.94. The fraction of sp³-hybridized carbons (Fsp3) is 0.600. The van der Waals surface area contributed by atoms with Gasteiger partial charge in [0.05, 0.1) is 6.61 Å². The molecule has 1 aliphatic carbocycles. The quantitative estimate of drug-likeness (QED) is 0.718. The van der Waals surface area contributed by atoms with Crippen LogP contribution in [0.1, 0.15) is 50.5 Å². The second-order valence-corrected chi connectivity index (χ2v) is 6.00. The molecule has 2 unspecified atom stereocenters. The van der Waals surface area contributed by atoms with Gasteiger partial charge in [-0.3, -0.25) is 0 Å². The molecule has 0 radical (unpaired) electrons. The Morgan fingerprint density at radius 1 is 1.18 bits per heavy atom. The minimum absolute atomic E-state index is 0.652. The van der Waals surface area contributed by atoms with Gasteiger partial charge in [0, 0.05) is 4.83 Å². The van der Waals surface area contributed by atoms with E-state index in [4.69, 9.17) is 4.74 Å². The van der Waals surface area contributed by atoms with Crippen molar-refractivity contribution in [2.24, 2.45) is 0 Å². The summed E-state index contributed by atoms with van der Waals surface area (Å²) in [5.74, 6) is 1.68. The zero-order valence-electron chi connectivity index (χ0n) is 10.5. The van der Waals surface area contributed by atoms with Gasteiger partial charge < -0.3 is 4.74 Å². The van der Waals surface area contributed by atoms with Crippen LogP contribution in [0.2, 0.25) is 0 Å². The van der Waals surface area contributed by atoms with E-state index in [0.29, 0.717) is 10.7 Å². The first kappa shape index (κ1) is 12.9. The lowest BCUT2D eigenvalue weighted by atomic mass is 9.84. The molecule has 0 spiro atoms. The molecule has 0 bridgehead atoms. The third-order valence-electron chi connectivity index (χ3n) is 3.46. The Hall–Kier alpha value is -0.500. The first-order chi connectivity index (χ1) is 8.31. The average molecular weight is 297 g/mol. The number of rotatable bonds is 4. The molecule has 0 heterocycles. The summed E-state index contributed by atoms with van der Waals surface area (Å²) >= 11 is 3.82. The molecular weight excluding hydrogens is 276 g/mol. The summed E-state index contributed by atoms with van der Waals surface area (Å²) in [6, 6.07) is 8.68. The van der Waals surface area contributed by atoms with E-state index in [9.17, 15) is 0 Å². The number of ether oxygens (including phenoxy) is 1. The molecule has 1 aromatic rings. The van der Waals surface area contributed by atoms with Crippen molar-refractivity contribution in [1.82, 2.24) is 0 Å². The van der Waals surface area contributed by atoms with Crippen LogP contribution >= 0.6 is 15.9 Å². The molecule has 17 heavy (non-hydrogen) atoms. The molecular formula is C15H21BrO. The van der Waals surface area contributed by atoms with E-state index in [2.05, 4.69) is 47.1 Å². The van der Waals surface area contributed by atoms with Crippen molar-refractivity contribution in [1.29, 1.82) is 0 Å². The Kier molecular flexibility index (Phi) is 4.90. The summed E-state index contributed by atoms with van der Waals surface area (Å²) < 4.78 is 5.61. The summed E-state index contributed by atoms with van der Waals surface area (Å²) in [7, 11) is 0. The van der Waals surface area contributed by atoms with Crippen molar-refractivity contribution < 1.29 is 4.74 Å². The van der Waals surface area contributed by atoms with Crippen molar-refractivity contribution in [3.63, 3.8) is 0 Å². The average Bonchev–Trinajstić information content (AvgIpc) is 2.38. The van der Waals surface area contributed by atoms with E-state index in [0.717, 1.165) is 18.8 Å². The van der Waals surface area contributed by atoms with Gasteiger partial charge in [-0.25, -0.2) is 0 Å². The lowest BCUT2D eigenvalue weighted by Gasteiger charge is -2.27. The Morgan fingerprint density at radius 3 is 2.53 bits per heavy atom. The third kappa shape index (κ3) is 3.48. The zero-order chi connectivity index (χ0) is 12.1. The van der Waals surface area contributed by atoms with Gasteiger partial charge in [-0.2, -0.15) is 0 Å². The molecule has 2 atom stereocenters. The first-order valence-electron chi connectivity index (χ1n) is 6.68. The maximum absolute atomic E-state index is 5.61. The smallest absolute Gasteiger partial charge is 0.119 e. The topological polar surface area (TPSA) is 9.23 Å². The Labute approximate surface area is 113 Å². The van der Waals surface area contributed by atoms with Gasteiger partial charge in [-0.1, -0.05) is 47.8 Å². The summed E-state index contributed by atoms with van der Waals surface area (Å²) in [5, 5.41) is 0. The molecule has 1 aliphatic rings. The van der Waals surface area contributed by atoms with E-state index >= 15 is 0 Å². The first-order valence-corrected chi connectivity index (χ1v) is 7.59. The largest absolute Gasteiger partial charge is 0.494 e. The normalized spacial score (nSPS) is 24.6. The van der Waals surface area contributed by atoms with Gasteiger partial charge in [0.1, 0.15) is 5.75 Å². The minimum atomic E-state index is 0.652. The predicted octanol–water partition coefficient (Wildman–Crippen LogP) is 4.90. The Bertz CT molecular complexity index is 333. The lowest BCUT2D eigenvalue weighted by Crippen LogP contribution is -2.17. The van der Waals surface area contributed by atoms with Crippen LogP contribution in [0.5, 0.6) is 5.75 Å². The highest BCUT2D eigenvalue weighted by atomic mass is 79.9. The SMILES string of the molecule is CCCOc1ccc(C2CCCCC2Br)cc1. The highest BCUT2D eigenvalue weighted by Crippen LogP contribution is 2.37. The molecule has 2 heteroatoms. The molecule has 0 aromatic heterocycles. The maximum atomic E-state index is 5.61. The number of benzene rings is 1. The molecule has 0 saturated heterocycles. The zero-order valence-corrected chi connectivity index (χ0v) is 12.1. The monoisotopic (exact) mass is 296 g/mol. The van der Waals surface area contributed by atoms with Crippen LogP contribution in [0, 0.1) is 0 Å².